The van der Waals surface area contributed by atoms with Gasteiger partial charge in [0.2, 0.25) is 0 Å². The van der Waals surface area contributed by atoms with Gasteiger partial charge in [-0.05, 0) is 39.5 Å². The molecule has 0 saturated carbocycles. The van der Waals surface area contributed by atoms with Crippen LogP contribution < -0.4 is 0 Å². The van der Waals surface area contributed by atoms with Gasteiger partial charge in [0, 0.05) is 18.5 Å². The third-order valence-electron chi connectivity index (χ3n) is 4.87. The van der Waals surface area contributed by atoms with Crippen molar-refractivity contribution in [3.63, 3.8) is 0 Å². The number of hydrogen-bond acceptors (Lipinski definition) is 7. The summed E-state index contributed by atoms with van der Waals surface area (Å²) in [5.41, 5.74) is 0.391. The Labute approximate surface area is 144 Å². The second kappa shape index (κ2) is 5.93. The molecule has 0 N–H and O–H groups in total. The van der Waals surface area contributed by atoms with Gasteiger partial charge in [-0.15, -0.1) is 11.3 Å². The maximum atomic E-state index is 12.5. The molecule has 0 aromatic carbocycles. The minimum Gasteiger partial charge on any atom is -0.362 e. The van der Waals surface area contributed by atoms with Crippen LogP contribution in [0.3, 0.4) is 0 Å². The monoisotopic (exact) mass is 348 g/mol. The molecule has 7 nitrogen and oxygen atoms in total. The van der Waals surface area contributed by atoms with E-state index in [1.807, 2.05) is 24.1 Å². The van der Waals surface area contributed by atoms with Crippen molar-refractivity contribution in [2.75, 3.05) is 13.1 Å². The molecule has 2 saturated heterocycles. The van der Waals surface area contributed by atoms with Crippen molar-refractivity contribution < 1.29 is 14.1 Å². The molecule has 4 rings (SSSR count). The van der Waals surface area contributed by atoms with Crippen LogP contribution in [0.5, 0.6) is 0 Å². The number of rotatable bonds is 2. The number of thiazole rings is 1. The van der Waals surface area contributed by atoms with Crippen LogP contribution in [-0.2, 0) is 4.74 Å². The van der Waals surface area contributed by atoms with Crippen LogP contribution in [0.1, 0.15) is 59.0 Å². The fourth-order valence-electron chi connectivity index (χ4n) is 3.54. The first-order valence-corrected chi connectivity index (χ1v) is 9.12. The van der Waals surface area contributed by atoms with Crippen LogP contribution in [0.2, 0.25) is 0 Å². The van der Waals surface area contributed by atoms with Crippen LogP contribution >= 0.6 is 11.3 Å². The summed E-state index contributed by atoms with van der Waals surface area (Å²) in [6.45, 7) is 5.12. The average molecular weight is 348 g/mol. The lowest BCUT2D eigenvalue weighted by Gasteiger charge is -2.38. The Hall–Kier alpha value is -1.80. The van der Waals surface area contributed by atoms with Gasteiger partial charge in [0.1, 0.15) is 11.8 Å². The number of aromatic nitrogens is 3. The van der Waals surface area contributed by atoms with Gasteiger partial charge in [0.05, 0.1) is 10.6 Å². The Bertz CT molecular complexity index is 748. The molecule has 8 heteroatoms. The Morgan fingerprint density at radius 2 is 2.08 bits per heavy atom. The van der Waals surface area contributed by atoms with E-state index in [0.717, 1.165) is 30.7 Å². The average Bonchev–Trinajstić information content (AvgIpc) is 3.28. The van der Waals surface area contributed by atoms with Crippen molar-refractivity contribution in [1.29, 1.82) is 0 Å². The van der Waals surface area contributed by atoms with Crippen molar-refractivity contribution in [2.24, 2.45) is 0 Å². The standard InChI is InChI=1S/C16H20N4O3S/c1-10-17-14(23-19-10)13-3-4-16(22-13)5-7-20(8-6-16)15(21)12-9-24-11(2)18-12/h9,13H,3-8H2,1-2H3/t13-/m1/s1. The van der Waals surface area contributed by atoms with Gasteiger partial charge >= 0.3 is 0 Å². The lowest BCUT2D eigenvalue weighted by atomic mass is 9.88. The molecular weight excluding hydrogens is 328 g/mol. The largest absolute Gasteiger partial charge is 0.362 e. The maximum Gasteiger partial charge on any atom is 0.273 e. The van der Waals surface area contributed by atoms with E-state index in [4.69, 9.17) is 9.26 Å². The minimum absolute atomic E-state index is 0.0243. The lowest BCUT2D eigenvalue weighted by Crippen LogP contribution is -2.46. The predicted octanol–water partition coefficient (Wildman–Crippen LogP) is 2.67. The molecule has 2 aliphatic rings. The van der Waals surface area contributed by atoms with Crippen LogP contribution in [0, 0.1) is 13.8 Å². The highest BCUT2D eigenvalue weighted by Gasteiger charge is 2.45. The third-order valence-corrected chi connectivity index (χ3v) is 5.65. The molecule has 128 valence electrons. The zero-order valence-electron chi connectivity index (χ0n) is 13.8. The SMILES string of the molecule is Cc1noc([C@H]2CCC3(CCN(C(=O)c4csc(C)n4)CC3)O2)n1. The Morgan fingerprint density at radius 3 is 2.71 bits per heavy atom. The van der Waals surface area contributed by atoms with E-state index >= 15 is 0 Å². The Kier molecular flexibility index (Phi) is 3.88. The molecule has 2 aliphatic heterocycles. The molecule has 2 fully saturated rings. The topological polar surface area (TPSA) is 81.4 Å². The molecule has 1 amide bonds. The highest BCUT2D eigenvalue weighted by molar-refractivity contribution is 7.09. The third kappa shape index (κ3) is 2.84. The summed E-state index contributed by atoms with van der Waals surface area (Å²) in [6, 6.07) is 0. The first kappa shape index (κ1) is 15.7. The molecule has 2 aromatic rings. The fourth-order valence-corrected chi connectivity index (χ4v) is 4.13. The molecule has 1 spiro atoms. The number of carbonyl (C=O) groups is 1. The molecule has 4 heterocycles. The molecule has 24 heavy (non-hydrogen) atoms. The van der Waals surface area contributed by atoms with Gasteiger partial charge in [-0.25, -0.2) is 4.98 Å². The van der Waals surface area contributed by atoms with E-state index in [9.17, 15) is 4.79 Å². The zero-order valence-corrected chi connectivity index (χ0v) is 14.6. The summed E-state index contributed by atoms with van der Waals surface area (Å²) in [5.74, 6) is 1.23. The van der Waals surface area contributed by atoms with Crippen molar-refractivity contribution in [1.82, 2.24) is 20.0 Å². The molecule has 1 atom stereocenters. The minimum atomic E-state index is -0.165. The smallest absolute Gasteiger partial charge is 0.273 e. The van der Waals surface area contributed by atoms with Gasteiger partial charge in [-0.1, -0.05) is 5.16 Å². The maximum absolute atomic E-state index is 12.5. The summed E-state index contributed by atoms with van der Waals surface area (Å²) in [5, 5.41) is 6.60. The number of aryl methyl sites for hydroxylation is 2. The zero-order chi connectivity index (χ0) is 16.7. The predicted molar refractivity (Wildman–Crippen MR) is 86.8 cm³/mol. The quantitative estimate of drug-likeness (QED) is 0.830. The lowest BCUT2D eigenvalue weighted by molar-refractivity contribution is -0.0820. The molecule has 0 unspecified atom stereocenters. The van der Waals surface area contributed by atoms with Gasteiger partial charge in [-0.2, -0.15) is 4.98 Å². The summed E-state index contributed by atoms with van der Waals surface area (Å²) in [7, 11) is 0. The molecule has 0 radical (unpaired) electrons. The summed E-state index contributed by atoms with van der Waals surface area (Å²) in [4.78, 5) is 23.0. The Morgan fingerprint density at radius 1 is 1.29 bits per heavy atom. The number of ether oxygens (including phenoxy) is 1. The van der Waals surface area contributed by atoms with Gasteiger partial charge in [0.25, 0.3) is 11.8 Å². The summed E-state index contributed by atoms with van der Waals surface area (Å²) >= 11 is 1.51. The van der Waals surface area contributed by atoms with Gasteiger partial charge < -0.3 is 14.2 Å². The molecule has 2 aromatic heterocycles. The van der Waals surface area contributed by atoms with E-state index in [1.165, 1.54) is 11.3 Å². The van der Waals surface area contributed by atoms with Gasteiger partial charge in [-0.3, -0.25) is 4.79 Å². The molecule has 0 bridgehead atoms. The second-order valence-corrected chi connectivity index (χ2v) is 7.61. The number of piperidine rings is 1. The van der Waals surface area contributed by atoms with Crippen molar-refractivity contribution >= 4 is 17.2 Å². The first-order valence-electron chi connectivity index (χ1n) is 8.24. The van der Waals surface area contributed by atoms with Crippen LogP contribution in [0.15, 0.2) is 9.90 Å². The van der Waals surface area contributed by atoms with Crippen molar-refractivity contribution in [3.05, 3.63) is 27.8 Å². The molecular formula is C16H20N4O3S. The van der Waals surface area contributed by atoms with E-state index in [-0.39, 0.29) is 17.6 Å². The number of carbonyl (C=O) groups excluding carboxylic acids is 1. The van der Waals surface area contributed by atoms with Crippen molar-refractivity contribution in [3.8, 4) is 0 Å². The molecule has 0 aliphatic carbocycles. The van der Waals surface area contributed by atoms with Crippen LogP contribution in [0.25, 0.3) is 0 Å². The van der Waals surface area contributed by atoms with E-state index < -0.39 is 0 Å². The van der Waals surface area contributed by atoms with Crippen molar-refractivity contribution in [2.45, 2.75) is 51.2 Å². The van der Waals surface area contributed by atoms with Crippen LogP contribution in [0.4, 0.5) is 0 Å². The second-order valence-electron chi connectivity index (χ2n) is 6.55. The Balaban J connectivity index is 1.38. The highest BCUT2D eigenvalue weighted by Crippen LogP contribution is 2.44. The summed E-state index contributed by atoms with van der Waals surface area (Å²) < 4.78 is 11.5. The highest BCUT2D eigenvalue weighted by atomic mass is 32.1. The number of likely N-dealkylation sites (tertiary alicyclic amines) is 1. The normalized spacial score (nSPS) is 23.1. The number of amides is 1. The van der Waals surface area contributed by atoms with Gasteiger partial charge in [0.15, 0.2) is 5.82 Å². The van der Waals surface area contributed by atoms with E-state index in [0.29, 0.717) is 30.5 Å². The number of hydrogen-bond donors (Lipinski definition) is 0. The summed E-state index contributed by atoms with van der Waals surface area (Å²) in [6.07, 6.45) is 3.42. The van der Waals surface area contributed by atoms with E-state index in [2.05, 4.69) is 15.1 Å². The number of nitrogens with zero attached hydrogens (tertiary/aromatic N) is 4. The van der Waals surface area contributed by atoms with Crippen LogP contribution in [-0.4, -0.2) is 44.6 Å². The van der Waals surface area contributed by atoms with E-state index in [1.54, 1.807) is 0 Å². The first-order chi connectivity index (χ1) is 11.5. The fraction of sp³-hybridized carbons (Fsp3) is 0.625.